The number of carbonyl (C=O) groups excluding carboxylic acids is 1. The van der Waals surface area contributed by atoms with Crippen molar-refractivity contribution < 1.29 is 19.8 Å². The van der Waals surface area contributed by atoms with Gasteiger partial charge in [0.2, 0.25) is 0 Å². The number of aliphatic carboxylic acids is 1. The number of carbonyl (C=O) groups is 2. The Balaban J connectivity index is 2.13. The SMILES string of the molecule is O=C(O)C(=O)/C=C(\O)c1csc(Cc2ccccc2)c1. The van der Waals surface area contributed by atoms with Gasteiger partial charge in [0.1, 0.15) is 5.76 Å². The zero-order valence-corrected chi connectivity index (χ0v) is 11.3. The Labute approximate surface area is 119 Å². The zero-order chi connectivity index (χ0) is 14.5. The second kappa shape index (κ2) is 6.16. The summed E-state index contributed by atoms with van der Waals surface area (Å²) in [6.07, 6.45) is 1.45. The van der Waals surface area contributed by atoms with Gasteiger partial charge in [-0.1, -0.05) is 30.3 Å². The number of carboxylic acid groups (broad SMARTS) is 1. The van der Waals surface area contributed by atoms with Crippen LogP contribution in [0.15, 0.2) is 47.9 Å². The number of hydrogen-bond acceptors (Lipinski definition) is 4. The van der Waals surface area contributed by atoms with Crippen molar-refractivity contribution in [1.29, 1.82) is 0 Å². The molecule has 1 aromatic carbocycles. The summed E-state index contributed by atoms with van der Waals surface area (Å²) in [6, 6.07) is 11.6. The zero-order valence-electron chi connectivity index (χ0n) is 10.4. The first kappa shape index (κ1) is 14.0. The Bertz CT molecular complexity index is 656. The molecular formula is C15H12O4S. The Hall–Kier alpha value is -2.40. The summed E-state index contributed by atoms with van der Waals surface area (Å²) >= 11 is 1.45. The Morgan fingerprint density at radius 3 is 2.50 bits per heavy atom. The van der Waals surface area contributed by atoms with E-state index in [1.807, 2.05) is 30.3 Å². The first-order valence-electron chi connectivity index (χ1n) is 5.86. The van der Waals surface area contributed by atoms with E-state index in [1.54, 1.807) is 11.4 Å². The summed E-state index contributed by atoms with van der Waals surface area (Å²) < 4.78 is 0. The van der Waals surface area contributed by atoms with Gasteiger partial charge in [0.25, 0.3) is 5.78 Å². The van der Waals surface area contributed by atoms with E-state index in [1.165, 1.54) is 11.3 Å². The van der Waals surface area contributed by atoms with E-state index < -0.39 is 11.8 Å². The Morgan fingerprint density at radius 2 is 1.85 bits per heavy atom. The minimum Gasteiger partial charge on any atom is -0.507 e. The highest BCUT2D eigenvalue weighted by atomic mass is 32.1. The van der Waals surface area contributed by atoms with Crippen LogP contribution in [0.2, 0.25) is 0 Å². The van der Waals surface area contributed by atoms with Crippen molar-refractivity contribution in [3.05, 3.63) is 63.9 Å². The molecule has 0 saturated heterocycles. The molecule has 2 N–H and O–H groups in total. The molecule has 0 amide bonds. The number of aliphatic hydroxyl groups excluding tert-OH is 1. The Morgan fingerprint density at radius 1 is 1.15 bits per heavy atom. The lowest BCUT2D eigenvalue weighted by Crippen LogP contribution is -2.09. The average Bonchev–Trinajstić information content (AvgIpc) is 2.88. The molecule has 1 heterocycles. The van der Waals surface area contributed by atoms with Crippen LogP contribution >= 0.6 is 11.3 Å². The lowest BCUT2D eigenvalue weighted by atomic mass is 10.1. The minimum atomic E-state index is -1.59. The number of ketones is 1. The topological polar surface area (TPSA) is 74.6 Å². The van der Waals surface area contributed by atoms with E-state index in [4.69, 9.17) is 5.11 Å². The van der Waals surface area contributed by atoms with Crippen LogP contribution in [0.1, 0.15) is 16.0 Å². The summed E-state index contributed by atoms with van der Waals surface area (Å²) in [5.41, 5.74) is 1.60. The highest BCUT2D eigenvalue weighted by molar-refractivity contribution is 7.10. The molecule has 4 nitrogen and oxygen atoms in total. The fraction of sp³-hybridized carbons (Fsp3) is 0.0667. The van der Waals surface area contributed by atoms with Crippen molar-refractivity contribution in [2.24, 2.45) is 0 Å². The number of thiophene rings is 1. The predicted molar refractivity (Wildman–Crippen MR) is 76.8 cm³/mol. The molecular weight excluding hydrogens is 276 g/mol. The van der Waals surface area contributed by atoms with Gasteiger partial charge in [0, 0.05) is 28.3 Å². The highest BCUT2D eigenvalue weighted by Gasteiger charge is 2.11. The number of aliphatic hydroxyl groups is 1. The van der Waals surface area contributed by atoms with Crippen molar-refractivity contribution in [2.75, 3.05) is 0 Å². The number of benzene rings is 1. The summed E-state index contributed by atoms with van der Waals surface area (Å²) in [6.45, 7) is 0. The van der Waals surface area contributed by atoms with Gasteiger partial charge >= 0.3 is 5.97 Å². The molecule has 102 valence electrons. The van der Waals surface area contributed by atoms with E-state index in [0.717, 1.165) is 22.9 Å². The van der Waals surface area contributed by atoms with Gasteiger partial charge in [-0.3, -0.25) is 4.79 Å². The molecule has 0 unspecified atom stereocenters. The quantitative estimate of drug-likeness (QED) is 0.504. The number of hydrogen-bond donors (Lipinski definition) is 2. The molecule has 20 heavy (non-hydrogen) atoms. The van der Waals surface area contributed by atoms with Crippen molar-refractivity contribution >= 4 is 28.8 Å². The van der Waals surface area contributed by atoms with Crippen molar-refractivity contribution in [3.63, 3.8) is 0 Å². The first-order valence-corrected chi connectivity index (χ1v) is 6.74. The van der Waals surface area contributed by atoms with Gasteiger partial charge in [-0.05, 0) is 11.6 Å². The highest BCUT2D eigenvalue weighted by Crippen LogP contribution is 2.22. The molecule has 1 aromatic heterocycles. The second-order valence-corrected chi connectivity index (χ2v) is 5.16. The van der Waals surface area contributed by atoms with Crippen LogP contribution in [0, 0.1) is 0 Å². The minimum absolute atomic E-state index is 0.326. The normalized spacial score (nSPS) is 11.3. The van der Waals surface area contributed by atoms with Gasteiger partial charge in [-0.2, -0.15) is 0 Å². The van der Waals surface area contributed by atoms with E-state index >= 15 is 0 Å². The molecule has 0 fully saturated rings. The third-order valence-electron chi connectivity index (χ3n) is 2.65. The largest absolute Gasteiger partial charge is 0.507 e. The molecule has 0 spiro atoms. The lowest BCUT2D eigenvalue weighted by molar-refractivity contribution is -0.146. The van der Waals surface area contributed by atoms with Crippen LogP contribution < -0.4 is 0 Å². The molecule has 0 aliphatic carbocycles. The summed E-state index contributed by atoms with van der Waals surface area (Å²) in [5.74, 6) is -3.05. The molecule has 0 atom stereocenters. The molecule has 0 aliphatic heterocycles. The fourth-order valence-electron chi connectivity index (χ4n) is 1.67. The maximum atomic E-state index is 11.0. The van der Waals surface area contributed by atoms with Crippen LogP contribution in [0.3, 0.4) is 0 Å². The maximum Gasteiger partial charge on any atom is 0.376 e. The first-order chi connectivity index (χ1) is 9.56. The van der Waals surface area contributed by atoms with Crippen molar-refractivity contribution in [3.8, 4) is 0 Å². The van der Waals surface area contributed by atoms with Gasteiger partial charge in [0.15, 0.2) is 0 Å². The molecule has 0 radical (unpaired) electrons. The molecule has 0 bridgehead atoms. The second-order valence-electron chi connectivity index (χ2n) is 4.16. The standard InChI is InChI=1S/C15H12O4S/c16-13(8-14(17)15(18)19)11-7-12(20-9-11)6-10-4-2-1-3-5-10/h1-5,7-9,16H,6H2,(H,18,19)/b13-8-. The average molecular weight is 288 g/mol. The van der Waals surface area contributed by atoms with Crippen molar-refractivity contribution in [1.82, 2.24) is 0 Å². The fourth-order valence-corrected chi connectivity index (χ4v) is 2.59. The van der Waals surface area contributed by atoms with Crippen LogP contribution in [-0.2, 0) is 16.0 Å². The van der Waals surface area contributed by atoms with E-state index in [-0.39, 0.29) is 5.76 Å². The smallest absolute Gasteiger partial charge is 0.376 e. The Kier molecular flexibility index (Phi) is 4.32. The van der Waals surface area contributed by atoms with E-state index in [2.05, 4.69) is 0 Å². The summed E-state index contributed by atoms with van der Waals surface area (Å²) in [7, 11) is 0. The molecule has 0 aliphatic rings. The molecule has 2 rings (SSSR count). The van der Waals surface area contributed by atoms with Gasteiger partial charge in [-0.25, -0.2) is 4.79 Å². The molecule has 0 saturated carbocycles. The third-order valence-corrected chi connectivity index (χ3v) is 3.59. The van der Waals surface area contributed by atoms with Gasteiger partial charge < -0.3 is 10.2 Å². The molecule has 2 aromatic rings. The van der Waals surface area contributed by atoms with Crippen LogP contribution in [0.4, 0.5) is 0 Å². The maximum absolute atomic E-state index is 11.0. The third kappa shape index (κ3) is 3.55. The van der Waals surface area contributed by atoms with Gasteiger partial charge in [0.05, 0.1) is 0 Å². The number of carboxylic acids is 1. The number of rotatable bonds is 5. The monoisotopic (exact) mass is 288 g/mol. The van der Waals surface area contributed by atoms with Crippen LogP contribution in [0.5, 0.6) is 0 Å². The van der Waals surface area contributed by atoms with Crippen molar-refractivity contribution in [2.45, 2.75) is 6.42 Å². The summed E-state index contributed by atoms with van der Waals surface area (Å²) in [4.78, 5) is 22.4. The van der Waals surface area contributed by atoms with Crippen LogP contribution in [0.25, 0.3) is 5.76 Å². The predicted octanol–water partition coefficient (Wildman–Crippen LogP) is 2.89. The summed E-state index contributed by atoms with van der Waals surface area (Å²) in [5, 5.41) is 19.9. The van der Waals surface area contributed by atoms with E-state index in [0.29, 0.717) is 5.56 Å². The van der Waals surface area contributed by atoms with Crippen LogP contribution in [-0.4, -0.2) is 22.0 Å². The van der Waals surface area contributed by atoms with E-state index in [9.17, 15) is 14.7 Å². The lowest BCUT2D eigenvalue weighted by Gasteiger charge is -1.97. The van der Waals surface area contributed by atoms with Gasteiger partial charge in [-0.15, -0.1) is 11.3 Å². The molecule has 5 heteroatoms.